The van der Waals surface area contributed by atoms with E-state index in [2.05, 4.69) is 19.2 Å². The van der Waals surface area contributed by atoms with E-state index in [9.17, 15) is 4.79 Å². The quantitative estimate of drug-likeness (QED) is 0.336. The van der Waals surface area contributed by atoms with Gasteiger partial charge in [0, 0.05) is 12.5 Å². The summed E-state index contributed by atoms with van der Waals surface area (Å²) in [5.41, 5.74) is 0. The van der Waals surface area contributed by atoms with Crippen molar-refractivity contribution < 1.29 is 4.79 Å². The molecule has 0 spiro atoms. The third-order valence-electron chi connectivity index (χ3n) is 4.53. The van der Waals surface area contributed by atoms with Crippen LogP contribution in [-0.2, 0) is 4.79 Å². The molecule has 0 aliphatic heterocycles. The first-order chi connectivity index (χ1) is 10.8. The Balaban J connectivity index is 3.82. The highest BCUT2D eigenvalue weighted by molar-refractivity contribution is 5.78. The zero-order chi connectivity index (χ0) is 16.5. The predicted molar refractivity (Wildman–Crippen MR) is 98.2 cm³/mol. The fourth-order valence-corrected chi connectivity index (χ4v) is 3.07. The SMILES string of the molecule is CCCCCCCCC(CCCCCCCC)C(=O)NCC. The highest BCUT2D eigenvalue weighted by atomic mass is 16.1. The molecule has 132 valence electrons. The zero-order valence-electron chi connectivity index (χ0n) is 15.6. The van der Waals surface area contributed by atoms with Crippen LogP contribution in [0.2, 0.25) is 0 Å². The van der Waals surface area contributed by atoms with Crippen molar-refractivity contribution >= 4 is 5.91 Å². The van der Waals surface area contributed by atoms with E-state index in [1.54, 1.807) is 0 Å². The number of carbonyl (C=O) groups is 1. The Morgan fingerprint density at radius 1 is 0.682 bits per heavy atom. The van der Waals surface area contributed by atoms with Crippen molar-refractivity contribution in [3.63, 3.8) is 0 Å². The molecule has 0 aromatic rings. The van der Waals surface area contributed by atoms with Crippen LogP contribution in [0.4, 0.5) is 0 Å². The van der Waals surface area contributed by atoms with E-state index in [4.69, 9.17) is 0 Å². The predicted octanol–water partition coefficient (Wildman–Crippen LogP) is 6.24. The molecule has 0 aliphatic rings. The molecule has 0 saturated carbocycles. The van der Waals surface area contributed by atoms with Gasteiger partial charge in [0.1, 0.15) is 0 Å². The molecule has 0 bridgehead atoms. The van der Waals surface area contributed by atoms with Crippen molar-refractivity contribution in [2.45, 2.75) is 111 Å². The average Bonchev–Trinajstić information content (AvgIpc) is 2.52. The Morgan fingerprint density at radius 3 is 1.50 bits per heavy atom. The van der Waals surface area contributed by atoms with Crippen molar-refractivity contribution in [2.75, 3.05) is 6.54 Å². The van der Waals surface area contributed by atoms with Gasteiger partial charge in [0.15, 0.2) is 0 Å². The van der Waals surface area contributed by atoms with Gasteiger partial charge in [-0.2, -0.15) is 0 Å². The summed E-state index contributed by atoms with van der Waals surface area (Å²) in [6.07, 6.45) is 18.0. The lowest BCUT2D eigenvalue weighted by Gasteiger charge is -2.16. The Labute approximate surface area is 139 Å². The molecule has 2 nitrogen and oxygen atoms in total. The number of carbonyl (C=O) groups excluding carboxylic acids is 1. The molecule has 0 aromatic heterocycles. The summed E-state index contributed by atoms with van der Waals surface area (Å²) in [6, 6.07) is 0. The minimum atomic E-state index is 0.261. The second kappa shape index (κ2) is 16.8. The fourth-order valence-electron chi connectivity index (χ4n) is 3.07. The lowest BCUT2D eigenvalue weighted by atomic mass is 9.93. The van der Waals surface area contributed by atoms with E-state index < -0.39 is 0 Å². The third kappa shape index (κ3) is 13.2. The van der Waals surface area contributed by atoms with Crippen LogP contribution in [0.5, 0.6) is 0 Å². The minimum Gasteiger partial charge on any atom is -0.356 e. The minimum absolute atomic E-state index is 0.261. The van der Waals surface area contributed by atoms with Crippen LogP contribution in [0.1, 0.15) is 111 Å². The van der Waals surface area contributed by atoms with Crippen molar-refractivity contribution in [3.8, 4) is 0 Å². The smallest absolute Gasteiger partial charge is 0.223 e. The molecule has 0 unspecified atom stereocenters. The number of nitrogens with one attached hydrogen (secondary N) is 1. The number of hydrogen-bond donors (Lipinski definition) is 1. The fraction of sp³-hybridized carbons (Fsp3) is 0.950. The van der Waals surface area contributed by atoms with Crippen LogP contribution >= 0.6 is 0 Å². The zero-order valence-corrected chi connectivity index (χ0v) is 15.6. The topological polar surface area (TPSA) is 29.1 Å². The van der Waals surface area contributed by atoms with Crippen LogP contribution in [-0.4, -0.2) is 12.5 Å². The van der Waals surface area contributed by atoms with E-state index in [0.717, 1.165) is 19.4 Å². The molecule has 2 heteroatoms. The summed E-state index contributed by atoms with van der Waals surface area (Å²) in [5, 5.41) is 3.03. The molecule has 0 fully saturated rings. The molecule has 0 atom stereocenters. The van der Waals surface area contributed by atoms with Crippen LogP contribution in [0.15, 0.2) is 0 Å². The van der Waals surface area contributed by atoms with Gasteiger partial charge in [0.25, 0.3) is 0 Å². The van der Waals surface area contributed by atoms with Crippen molar-refractivity contribution in [2.24, 2.45) is 5.92 Å². The Hall–Kier alpha value is -0.530. The van der Waals surface area contributed by atoms with Gasteiger partial charge >= 0.3 is 0 Å². The lowest BCUT2D eigenvalue weighted by molar-refractivity contribution is -0.125. The molecule has 0 radical (unpaired) electrons. The van der Waals surface area contributed by atoms with Crippen LogP contribution in [0.3, 0.4) is 0 Å². The third-order valence-corrected chi connectivity index (χ3v) is 4.53. The Bertz CT molecular complexity index is 224. The summed E-state index contributed by atoms with van der Waals surface area (Å²) < 4.78 is 0. The Morgan fingerprint density at radius 2 is 1.09 bits per heavy atom. The highest BCUT2D eigenvalue weighted by Crippen LogP contribution is 2.19. The van der Waals surface area contributed by atoms with E-state index >= 15 is 0 Å². The summed E-state index contributed by atoms with van der Waals surface area (Å²) in [6.45, 7) is 7.30. The normalized spacial score (nSPS) is 11.1. The van der Waals surface area contributed by atoms with Crippen molar-refractivity contribution in [1.29, 1.82) is 0 Å². The van der Waals surface area contributed by atoms with Gasteiger partial charge in [-0.15, -0.1) is 0 Å². The second-order valence-electron chi connectivity index (χ2n) is 6.70. The monoisotopic (exact) mass is 311 g/mol. The summed E-state index contributed by atoms with van der Waals surface area (Å²) >= 11 is 0. The molecule has 1 amide bonds. The molecule has 0 aromatic carbocycles. The van der Waals surface area contributed by atoms with Crippen molar-refractivity contribution in [1.82, 2.24) is 5.32 Å². The first kappa shape index (κ1) is 21.5. The van der Waals surface area contributed by atoms with Gasteiger partial charge in [-0.25, -0.2) is 0 Å². The molecule has 0 saturated heterocycles. The molecule has 0 rings (SSSR count). The van der Waals surface area contributed by atoms with Gasteiger partial charge < -0.3 is 5.32 Å². The number of unbranched alkanes of at least 4 members (excludes halogenated alkanes) is 10. The number of rotatable bonds is 16. The van der Waals surface area contributed by atoms with Gasteiger partial charge in [-0.3, -0.25) is 4.79 Å². The van der Waals surface area contributed by atoms with Crippen LogP contribution < -0.4 is 5.32 Å². The largest absolute Gasteiger partial charge is 0.356 e. The molecule has 0 heterocycles. The maximum Gasteiger partial charge on any atom is 0.223 e. The molecule has 22 heavy (non-hydrogen) atoms. The maximum absolute atomic E-state index is 12.2. The Kier molecular flexibility index (Phi) is 16.4. The van der Waals surface area contributed by atoms with Gasteiger partial charge in [-0.05, 0) is 19.8 Å². The van der Waals surface area contributed by atoms with E-state index in [-0.39, 0.29) is 5.92 Å². The van der Waals surface area contributed by atoms with E-state index in [1.807, 2.05) is 6.92 Å². The standard InChI is InChI=1S/C20H41NO/c1-4-7-9-11-13-15-17-19(20(22)21-6-3)18-16-14-12-10-8-5-2/h19H,4-18H2,1-3H3,(H,21,22). The second-order valence-corrected chi connectivity index (χ2v) is 6.70. The molecule has 0 aliphatic carbocycles. The van der Waals surface area contributed by atoms with Gasteiger partial charge in [-0.1, -0.05) is 90.9 Å². The first-order valence-electron chi connectivity index (χ1n) is 10.0. The lowest BCUT2D eigenvalue weighted by Crippen LogP contribution is -2.30. The van der Waals surface area contributed by atoms with Crippen LogP contribution in [0.25, 0.3) is 0 Å². The van der Waals surface area contributed by atoms with Gasteiger partial charge in [0.2, 0.25) is 5.91 Å². The van der Waals surface area contributed by atoms with E-state index in [0.29, 0.717) is 5.91 Å². The molecule has 1 N–H and O–H groups in total. The van der Waals surface area contributed by atoms with Crippen molar-refractivity contribution in [3.05, 3.63) is 0 Å². The van der Waals surface area contributed by atoms with Crippen LogP contribution in [0, 0.1) is 5.92 Å². The maximum atomic E-state index is 12.2. The molecular weight excluding hydrogens is 270 g/mol. The van der Waals surface area contributed by atoms with Gasteiger partial charge in [0.05, 0.1) is 0 Å². The average molecular weight is 312 g/mol. The summed E-state index contributed by atoms with van der Waals surface area (Å²) in [4.78, 5) is 12.2. The summed E-state index contributed by atoms with van der Waals surface area (Å²) in [5.74, 6) is 0.557. The highest BCUT2D eigenvalue weighted by Gasteiger charge is 2.16. The number of amides is 1. The molecular formula is C20H41NO. The summed E-state index contributed by atoms with van der Waals surface area (Å²) in [7, 11) is 0. The number of hydrogen-bond acceptors (Lipinski definition) is 1. The van der Waals surface area contributed by atoms with E-state index in [1.165, 1.54) is 77.0 Å². The first-order valence-corrected chi connectivity index (χ1v) is 10.0.